The number of nitrogens with zero attached hydrogens (tertiary/aromatic N) is 1. The number of carbonyl (C=O) groups is 1. The van der Waals surface area contributed by atoms with Crippen LogP contribution in [0, 0.1) is 5.92 Å². The average molecular weight is 444 g/mol. The van der Waals surface area contributed by atoms with Crippen LogP contribution in [0.1, 0.15) is 77.9 Å². The van der Waals surface area contributed by atoms with Crippen molar-refractivity contribution in [3.05, 3.63) is 53.9 Å². The van der Waals surface area contributed by atoms with E-state index < -0.39 is 0 Å². The van der Waals surface area contributed by atoms with E-state index in [1.54, 1.807) is 18.3 Å². The molecule has 0 saturated heterocycles. The largest absolute Gasteiger partial charge is 0.493 e. The smallest absolute Gasteiger partial charge is 0.255 e. The highest BCUT2D eigenvalue weighted by Crippen LogP contribution is 2.24. The van der Waals surface area contributed by atoms with Gasteiger partial charge in [0.25, 0.3) is 5.91 Å². The lowest BCUT2D eigenvalue weighted by Crippen LogP contribution is -2.23. The Balaban J connectivity index is 0.00000148. The van der Waals surface area contributed by atoms with Gasteiger partial charge >= 0.3 is 0 Å². The van der Waals surface area contributed by atoms with Crippen LogP contribution < -0.4 is 15.8 Å². The summed E-state index contributed by atoms with van der Waals surface area (Å²) in [6.07, 6.45) is 2.55. The molecule has 0 fully saturated rings. The second kappa shape index (κ2) is 16.6. The van der Waals surface area contributed by atoms with Gasteiger partial charge in [-0.05, 0) is 42.7 Å². The van der Waals surface area contributed by atoms with Crippen LogP contribution in [0.25, 0.3) is 11.0 Å². The molecule has 0 aliphatic carbocycles. The molecule has 0 radical (unpaired) electrons. The maximum Gasteiger partial charge on any atom is 0.255 e. The Morgan fingerprint density at radius 3 is 2.41 bits per heavy atom. The van der Waals surface area contributed by atoms with Gasteiger partial charge in [0.1, 0.15) is 22.9 Å². The highest BCUT2D eigenvalue weighted by atomic mass is 16.5. The van der Waals surface area contributed by atoms with Crippen LogP contribution in [0.3, 0.4) is 0 Å². The number of pyridine rings is 1. The molecule has 0 spiro atoms. The van der Waals surface area contributed by atoms with Crippen molar-refractivity contribution in [1.82, 2.24) is 10.3 Å². The summed E-state index contributed by atoms with van der Waals surface area (Å²) in [6, 6.07) is 11.0. The van der Waals surface area contributed by atoms with Crippen molar-refractivity contribution in [3.63, 3.8) is 0 Å². The van der Waals surface area contributed by atoms with Gasteiger partial charge in [-0.3, -0.25) is 4.79 Å². The maximum atomic E-state index is 12.2. The SMILES string of the molecule is CC.CC.CC.CC(C)CCOc1ccc2cc(CNC(=O)c3cccnc3N)oc2c1. The second-order valence-electron chi connectivity index (χ2n) is 6.56. The van der Waals surface area contributed by atoms with E-state index in [4.69, 9.17) is 14.9 Å². The molecule has 178 valence electrons. The summed E-state index contributed by atoms with van der Waals surface area (Å²) in [4.78, 5) is 16.1. The number of amides is 1. The Morgan fingerprint density at radius 2 is 1.78 bits per heavy atom. The Labute approximate surface area is 193 Å². The van der Waals surface area contributed by atoms with Gasteiger partial charge in [0.05, 0.1) is 18.7 Å². The molecule has 1 amide bonds. The monoisotopic (exact) mass is 443 g/mol. The number of furan rings is 1. The van der Waals surface area contributed by atoms with Gasteiger partial charge < -0.3 is 20.2 Å². The second-order valence-corrected chi connectivity index (χ2v) is 6.56. The number of hydrogen-bond acceptors (Lipinski definition) is 5. The van der Waals surface area contributed by atoms with Crippen LogP contribution in [0.2, 0.25) is 0 Å². The molecule has 0 unspecified atom stereocenters. The van der Waals surface area contributed by atoms with E-state index >= 15 is 0 Å². The third-order valence-corrected chi connectivity index (χ3v) is 4.01. The van der Waals surface area contributed by atoms with Gasteiger partial charge in [-0.1, -0.05) is 55.4 Å². The highest BCUT2D eigenvalue weighted by Gasteiger charge is 2.11. The molecule has 0 aliphatic rings. The van der Waals surface area contributed by atoms with Crippen LogP contribution in [0.5, 0.6) is 5.75 Å². The third kappa shape index (κ3) is 9.41. The van der Waals surface area contributed by atoms with Crippen molar-refractivity contribution in [2.45, 2.75) is 68.4 Å². The van der Waals surface area contributed by atoms with E-state index in [1.807, 2.05) is 65.8 Å². The maximum absolute atomic E-state index is 12.2. The summed E-state index contributed by atoms with van der Waals surface area (Å²) in [5.41, 5.74) is 6.80. The normalized spacial score (nSPS) is 9.53. The van der Waals surface area contributed by atoms with E-state index in [-0.39, 0.29) is 18.3 Å². The van der Waals surface area contributed by atoms with Gasteiger partial charge in [-0.2, -0.15) is 0 Å². The fourth-order valence-electron chi connectivity index (χ4n) is 2.53. The van der Waals surface area contributed by atoms with Crippen molar-refractivity contribution < 1.29 is 13.9 Å². The van der Waals surface area contributed by atoms with Crippen LogP contribution in [0.15, 0.2) is 47.0 Å². The zero-order chi connectivity index (χ0) is 24.5. The number of nitrogens with one attached hydrogen (secondary N) is 1. The fraction of sp³-hybridized carbons (Fsp3) is 0.462. The number of rotatable bonds is 7. The van der Waals surface area contributed by atoms with Crippen molar-refractivity contribution in [2.24, 2.45) is 5.92 Å². The zero-order valence-corrected chi connectivity index (χ0v) is 21.0. The molecule has 0 atom stereocenters. The number of carbonyl (C=O) groups excluding carboxylic acids is 1. The number of nitrogen functional groups attached to an aromatic ring is 1. The summed E-state index contributed by atoms with van der Waals surface area (Å²) in [5, 5.41) is 3.76. The number of anilines is 1. The first kappa shape index (κ1) is 29.0. The molecule has 6 nitrogen and oxygen atoms in total. The van der Waals surface area contributed by atoms with Crippen LogP contribution in [-0.4, -0.2) is 17.5 Å². The van der Waals surface area contributed by atoms with E-state index in [2.05, 4.69) is 24.1 Å². The Kier molecular flexibility index (Phi) is 15.1. The standard InChI is InChI=1S/C20H23N3O3.3C2H6/c1-13(2)7-9-25-15-6-5-14-10-16(26-18(14)11-15)12-23-20(24)17-4-3-8-22-19(17)21;3*1-2/h3-6,8,10-11,13H,7,9,12H2,1-2H3,(H2,21,22)(H,23,24);3*1-2H3. The lowest BCUT2D eigenvalue weighted by molar-refractivity contribution is 0.0949. The average Bonchev–Trinajstić information content (AvgIpc) is 3.24. The minimum atomic E-state index is -0.284. The van der Waals surface area contributed by atoms with Crippen molar-refractivity contribution >= 4 is 22.7 Å². The van der Waals surface area contributed by atoms with Crippen LogP contribution in [0.4, 0.5) is 5.82 Å². The summed E-state index contributed by atoms with van der Waals surface area (Å²) >= 11 is 0. The lowest BCUT2D eigenvalue weighted by Gasteiger charge is -2.07. The summed E-state index contributed by atoms with van der Waals surface area (Å²) in [6.45, 7) is 17.3. The summed E-state index contributed by atoms with van der Waals surface area (Å²) < 4.78 is 11.6. The molecular weight excluding hydrogens is 402 g/mol. The Bertz CT molecular complexity index is 904. The van der Waals surface area contributed by atoms with Gasteiger partial charge in [-0.25, -0.2) is 4.98 Å². The first-order chi connectivity index (χ1) is 15.5. The zero-order valence-electron chi connectivity index (χ0n) is 21.0. The van der Waals surface area contributed by atoms with E-state index in [9.17, 15) is 4.79 Å². The molecule has 3 rings (SSSR count). The lowest BCUT2D eigenvalue weighted by atomic mass is 10.1. The Hall–Kier alpha value is -3.02. The minimum Gasteiger partial charge on any atom is -0.493 e. The van der Waals surface area contributed by atoms with Gasteiger partial charge in [0, 0.05) is 17.6 Å². The molecule has 1 aromatic carbocycles. The molecule has 2 heterocycles. The molecule has 2 aromatic heterocycles. The number of aromatic nitrogens is 1. The molecule has 0 saturated carbocycles. The molecule has 3 aromatic rings. The van der Waals surface area contributed by atoms with Gasteiger partial charge in [-0.15, -0.1) is 0 Å². The van der Waals surface area contributed by atoms with Crippen LogP contribution >= 0.6 is 0 Å². The third-order valence-electron chi connectivity index (χ3n) is 4.01. The minimum absolute atomic E-state index is 0.206. The topological polar surface area (TPSA) is 90.4 Å². The predicted molar refractivity (Wildman–Crippen MR) is 135 cm³/mol. The molecule has 32 heavy (non-hydrogen) atoms. The quantitative estimate of drug-likeness (QED) is 0.417. The van der Waals surface area contributed by atoms with Crippen molar-refractivity contribution in [1.29, 1.82) is 0 Å². The molecule has 3 N–H and O–H groups in total. The number of hydrogen-bond donors (Lipinski definition) is 2. The van der Waals surface area contributed by atoms with Crippen molar-refractivity contribution in [2.75, 3.05) is 12.3 Å². The predicted octanol–water partition coefficient (Wildman–Crippen LogP) is 6.84. The first-order valence-corrected chi connectivity index (χ1v) is 11.7. The van der Waals surface area contributed by atoms with Crippen LogP contribution in [-0.2, 0) is 6.54 Å². The number of nitrogens with two attached hydrogens (primary N) is 1. The van der Waals surface area contributed by atoms with E-state index in [0.717, 1.165) is 23.1 Å². The fourth-order valence-corrected chi connectivity index (χ4v) is 2.53. The molecular formula is C26H41N3O3. The molecule has 0 aliphatic heterocycles. The number of ether oxygens (including phenoxy) is 1. The first-order valence-electron chi connectivity index (χ1n) is 11.7. The summed E-state index contributed by atoms with van der Waals surface area (Å²) in [7, 11) is 0. The van der Waals surface area contributed by atoms with Crippen molar-refractivity contribution in [3.8, 4) is 5.75 Å². The number of benzene rings is 1. The van der Waals surface area contributed by atoms with Gasteiger partial charge in [0.15, 0.2) is 0 Å². The summed E-state index contributed by atoms with van der Waals surface area (Å²) in [5.74, 6) is 1.97. The van der Waals surface area contributed by atoms with E-state index in [0.29, 0.717) is 23.8 Å². The number of fused-ring (bicyclic) bond motifs is 1. The van der Waals surface area contributed by atoms with Gasteiger partial charge in [0.2, 0.25) is 0 Å². The highest BCUT2D eigenvalue weighted by molar-refractivity contribution is 5.98. The molecule has 0 bridgehead atoms. The van der Waals surface area contributed by atoms with E-state index in [1.165, 1.54) is 0 Å². The molecule has 6 heteroatoms. The Morgan fingerprint density at radius 1 is 1.09 bits per heavy atom.